The number of benzene rings is 2. The fraction of sp³-hybridized carbons (Fsp3) is 0.167. The van der Waals surface area contributed by atoms with Gasteiger partial charge in [0.2, 0.25) is 0 Å². The SMILES string of the molecule is COc1ccc(/C=C/C(=O)Oc2ccc(CCO)c(O)c2)cc1. The first-order valence-corrected chi connectivity index (χ1v) is 7.09. The third kappa shape index (κ3) is 4.86. The van der Waals surface area contributed by atoms with Crippen molar-refractivity contribution in [2.24, 2.45) is 0 Å². The second-order valence-electron chi connectivity index (χ2n) is 4.79. The minimum absolute atomic E-state index is 0.0107. The molecule has 5 nitrogen and oxygen atoms in total. The lowest BCUT2D eigenvalue weighted by molar-refractivity contribution is -0.128. The van der Waals surface area contributed by atoms with Crippen LogP contribution in [0.2, 0.25) is 0 Å². The highest BCUT2D eigenvalue weighted by molar-refractivity contribution is 5.88. The smallest absolute Gasteiger partial charge is 0.336 e. The highest BCUT2D eigenvalue weighted by Crippen LogP contribution is 2.24. The average molecular weight is 314 g/mol. The Labute approximate surface area is 134 Å². The van der Waals surface area contributed by atoms with E-state index in [1.165, 1.54) is 12.1 Å². The van der Waals surface area contributed by atoms with Crippen LogP contribution in [0, 0.1) is 0 Å². The Balaban J connectivity index is 1.98. The fourth-order valence-corrected chi connectivity index (χ4v) is 1.97. The summed E-state index contributed by atoms with van der Waals surface area (Å²) in [7, 11) is 1.59. The number of methoxy groups -OCH3 is 1. The maximum Gasteiger partial charge on any atom is 0.336 e. The van der Waals surface area contributed by atoms with Gasteiger partial charge in [0.05, 0.1) is 7.11 Å². The Hall–Kier alpha value is -2.79. The molecule has 0 unspecified atom stereocenters. The first-order chi connectivity index (χ1) is 11.1. The van der Waals surface area contributed by atoms with Crippen LogP contribution in [-0.4, -0.2) is 29.9 Å². The number of rotatable bonds is 6. The van der Waals surface area contributed by atoms with Crippen LogP contribution in [-0.2, 0) is 11.2 Å². The molecule has 0 saturated carbocycles. The van der Waals surface area contributed by atoms with Gasteiger partial charge in [-0.3, -0.25) is 0 Å². The first kappa shape index (κ1) is 16.6. The number of hydrogen-bond donors (Lipinski definition) is 2. The lowest BCUT2D eigenvalue weighted by Crippen LogP contribution is -2.04. The minimum atomic E-state index is -0.546. The zero-order chi connectivity index (χ0) is 16.7. The zero-order valence-electron chi connectivity index (χ0n) is 12.7. The summed E-state index contributed by atoms with van der Waals surface area (Å²) in [6, 6.07) is 11.8. The monoisotopic (exact) mass is 314 g/mol. The van der Waals surface area contributed by atoms with Crippen LogP contribution in [0.5, 0.6) is 17.2 Å². The maximum absolute atomic E-state index is 11.8. The molecule has 0 saturated heterocycles. The minimum Gasteiger partial charge on any atom is -0.508 e. The molecule has 120 valence electrons. The number of aliphatic hydroxyl groups is 1. The molecule has 2 aromatic rings. The highest BCUT2D eigenvalue weighted by Gasteiger charge is 2.06. The molecular formula is C18H18O5. The number of hydrogen-bond acceptors (Lipinski definition) is 5. The van der Waals surface area contributed by atoms with E-state index in [1.807, 2.05) is 12.1 Å². The van der Waals surface area contributed by atoms with E-state index in [0.717, 1.165) is 11.3 Å². The molecule has 0 spiro atoms. The van der Waals surface area contributed by atoms with Crippen LogP contribution in [0.4, 0.5) is 0 Å². The number of esters is 1. The molecule has 0 amide bonds. The molecule has 0 aromatic heterocycles. The van der Waals surface area contributed by atoms with E-state index in [1.54, 1.807) is 37.5 Å². The first-order valence-electron chi connectivity index (χ1n) is 7.09. The Morgan fingerprint density at radius 3 is 2.43 bits per heavy atom. The molecule has 0 bridgehead atoms. The quantitative estimate of drug-likeness (QED) is 0.487. The standard InChI is InChI=1S/C18H18O5/c1-22-15-6-2-13(3-7-15)4-9-18(21)23-16-8-5-14(10-11-19)17(20)12-16/h2-9,12,19-20H,10-11H2,1H3/b9-4+. The van der Waals surface area contributed by atoms with Crippen LogP contribution < -0.4 is 9.47 Å². The Kier molecular flexibility index (Phi) is 5.77. The lowest BCUT2D eigenvalue weighted by atomic mass is 10.1. The highest BCUT2D eigenvalue weighted by atomic mass is 16.5. The number of phenols is 1. The van der Waals surface area contributed by atoms with Crippen LogP contribution in [0.1, 0.15) is 11.1 Å². The number of aliphatic hydroxyl groups excluding tert-OH is 1. The molecule has 0 fully saturated rings. The van der Waals surface area contributed by atoms with E-state index in [0.29, 0.717) is 12.0 Å². The van der Waals surface area contributed by atoms with Crippen molar-refractivity contribution in [3.05, 3.63) is 59.7 Å². The normalized spacial score (nSPS) is 10.7. The van der Waals surface area contributed by atoms with Crippen molar-refractivity contribution in [3.63, 3.8) is 0 Å². The summed E-state index contributed by atoms with van der Waals surface area (Å²) in [6.45, 7) is -0.0582. The van der Waals surface area contributed by atoms with Crippen LogP contribution >= 0.6 is 0 Å². The summed E-state index contributed by atoms with van der Waals surface area (Å²) in [6.07, 6.45) is 3.28. The van der Waals surface area contributed by atoms with Gasteiger partial charge in [-0.15, -0.1) is 0 Å². The summed E-state index contributed by atoms with van der Waals surface area (Å²) in [4.78, 5) is 11.8. The van der Waals surface area contributed by atoms with E-state index >= 15 is 0 Å². The largest absolute Gasteiger partial charge is 0.508 e. The summed E-state index contributed by atoms with van der Waals surface area (Å²) in [5.41, 5.74) is 1.44. The Bertz CT molecular complexity index is 689. The summed E-state index contributed by atoms with van der Waals surface area (Å²) in [5, 5.41) is 18.6. The van der Waals surface area contributed by atoms with Crippen molar-refractivity contribution in [2.75, 3.05) is 13.7 Å². The molecule has 0 radical (unpaired) electrons. The third-order valence-corrected chi connectivity index (χ3v) is 3.18. The topological polar surface area (TPSA) is 76.0 Å². The molecule has 5 heteroatoms. The third-order valence-electron chi connectivity index (χ3n) is 3.18. The van der Waals surface area contributed by atoms with Crippen LogP contribution in [0.15, 0.2) is 48.5 Å². The Morgan fingerprint density at radius 2 is 1.83 bits per heavy atom. The van der Waals surface area contributed by atoms with Gasteiger partial charge in [0.25, 0.3) is 0 Å². The number of phenolic OH excluding ortho intramolecular Hbond substituents is 1. The van der Waals surface area contributed by atoms with Gasteiger partial charge in [-0.25, -0.2) is 4.79 Å². The van der Waals surface area contributed by atoms with Gasteiger partial charge in [-0.1, -0.05) is 18.2 Å². The molecule has 0 aliphatic carbocycles. The van der Waals surface area contributed by atoms with Crippen molar-refractivity contribution in [2.45, 2.75) is 6.42 Å². The van der Waals surface area contributed by atoms with Crippen molar-refractivity contribution in [3.8, 4) is 17.2 Å². The van der Waals surface area contributed by atoms with Crippen molar-refractivity contribution >= 4 is 12.0 Å². The number of ether oxygens (including phenoxy) is 2. The molecule has 0 heterocycles. The van der Waals surface area contributed by atoms with E-state index in [4.69, 9.17) is 14.6 Å². The van der Waals surface area contributed by atoms with Crippen LogP contribution in [0.3, 0.4) is 0 Å². The second kappa shape index (κ2) is 8.00. The molecule has 0 atom stereocenters. The van der Waals surface area contributed by atoms with E-state index < -0.39 is 5.97 Å². The zero-order valence-corrected chi connectivity index (χ0v) is 12.7. The molecule has 2 N–H and O–H groups in total. The van der Waals surface area contributed by atoms with Gasteiger partial charge >= 0.3 is 5.97 Å². The number of carbonyl (C=O) groups is 1. The summed E-state index contributed by atoms with van der Waals surface area (Å²) < 4.78 is 10.2. The molecule has 0 aliphatic rings. The van der Waals surface area contributed by atoms with E-state index in [9.17, 15) is 9.90 Å². The predicted molar refractivity (Wildman–Crippen MR) is 86.6 cm³/mol. The van der Waals surface area contributed by atoms with E-state index in [-0.39, 0.29) is 18.1 Å². The lowest BCUT2D eigenvalue weighted by Gasteiger charge is -2.06. The van der Waals surface area contributed by atoms with Gasteiger partial charge in [0.15, 0.2) is 0 Å². The van der Waals surface area contributed by atoms with Gasteiger partial charge in [-0.2, -0.15) is 0 Å². The van der Waals surface area contributed by atoms with Crippen molar-refractivity contribution in [1.82, 2.24) is 0 Å². The molecule has 2 aromatic carbocycles. The van der Waals surface area contributed by atoms with Gasteiger partial charge in [0, 0.05) is 18.7 Å². The van der Waals surface area contributed by atoms with Crippen molar-refractivity contribution in [1.29, 1.82) is 0 Å². The Morgan fingerprint density at radius 1 is 1.13 bits per heavy atom. The second-order valence-corrected chi connectivity index (χ2v) is 4.79. The number of aromatic hydroxyl groups is 1. The van der Waals surface area contributed by atoms with Gasteiger partial charge in [0.1, 0.15) is 17.2 Å². The summed E-state index contributed by atoms with van der Waals surface area (Å²) in [5.74, 6) is 0.426. The maximum atomic E-state index is 11.8. The van der Waals surface area contributed by atoms with Crippen LogP contribution in [0.25, 0.3) is 6.08 Å². The fourth-order valence-electron chi connectivity index (χ4n) is 1.97. The van der Waals surface area contributed by atoms with Gasteiger partial charge < -0.3 is 19.7 Å². The number of carbonyl (C=O) groups excluding carboxylic acids is 1. The summed E-state index contributed by atoms with van der Waals surface area (Å²) >= 11 is 0. The van der Waals surface area contributed by atoms with E-state index in [2.05, 4.69) is 0 Å². The molecular weight excluding hydrogens is 296 g/mol. The molecule has 0 aliphatic heterocycles. The van der Waals surface area contributed by atoms with Crippen molar-refractivity contribution < 1.29 is 24.5 Å². The molecule has 23 heavy (non-hydrogen) atoms. The average Bonchev–Trinajstić information content (AvgIpc) is 2.56. The van der Waals surface area contributed by atoms with Gasteiger partial charge in [-0.05, 0) is 41.8 Å². The molecule has 2 rings (SSSR count). The predicted octanol–water partition coefficient (Wildman–Crippen LogP) is 2.55.